The third kappa shape index (κ3) is 2.72. The van der Waals surface area contributed by atoms with Gasteiger partial charge in [0, 0.05) is 10.5 Å². The molecule has 2 aromatic rings. The van der Waals surface area contributed by atoms with Gasteiger partial charge in [-0.3, -0.25) is 15.1 Å². The summed E-state index contributed by atoms with van der Waals surface area (Å²) in [4.78, 5) is 18.0. The number of nitrogen functional groups attached to an aromatic ring is 1. The van der Waals surface area contributed by atoms with Crippen LogP contribution in [0.15, 0.2) is 35.1 Å². The fraction of sp³-hybridized carbons (Fsp3) is 0. The van der Waals surface area contributed by atoms with Gasteiger partial charge in [0.2, 0.25) is 11.6 Å². The molecule has 0 bridgehead atoms. The van der Waals surface area contributed by atoms with Crippen LogP contribution in [0.5, 0.6) is 11.6 Å². The second-order valence-electron chi connectivity index (χ2n) is 3.25. The van der Waals surface area contributed by atoms with Crippen LogP contribution >= 0.6 is 15.9 Å². The number of anilines is 1. The molecule has 18 heavy (non-hydrogen) atoms. The fourth-order valence-corrected chi connectivity index (χ4v) is 1.59. The van der Waals surface area contributed by atoms with Crippen LogP contribution in [0.25, 0.3) is 0 Å². The Morgan fingerprint density at radius 1 is 1.39 bits per heavy atom. The maximum atomic E-state index is 10.9. The van der Waals surface area contributed by atoms with E-state index in [0.29, 0.717) is 4.47 Å². The van der Waals surface area contributed by atoms with E-state index in [1.165, 1.54) is 24.5 Å². The Hall–Kier alpha value is -2.22. The lowest BCUT2D eigenvalue weighted by Gasteiger charge is -2.05. The fourth-order valence-electron chi connectivity index (χ4n) is 1.24. The van der Waals surface area contributed by atoms with Gasteiger partial charge in [0.05, 0.1) is 17.3 Å². The van der Waals surface area contributed by atoms with Crippen molar-refractivity contribution in [3.63, 3.8) is 0 Å². The van der Waals surface area contributed by atoms with Gasteiger partial charge in [-0.25, -0.2) is 0 Å². The first kappa shape index (κ1) is 12.2. The van der Waals surface area contributed by atoms with Crippen LogP contribution in [-0.2, 0) is 0 Å². The Bertz CT molecular complexity index is 605. The number of aromatic nitrogens is 2. The van der Waals surface area contributed by atoms with E-state index in [0.717, 1.165) is 0 Å². The van der Waals surface area contributed by atoms with E-state index < -0.39 is 4.92 Å². The summed E-state index contributed by atoms with van der Waals surface area (Å²) in [6.07, 6.45) is 2.67. The number of nitro groups is 1. The molecule has 0 aliphatic heterocycles. The number of hydrogen-bond donors (Lipinski definition) is 1. The van der Waals surface area contributed by atoms with E-state index in [4.69, 9.17) is 10.5 Å². The van der Waals surface area contributed by atoms with E-state index in [2.05, 4.69) is 25.9 Å². The van der Waals surface area contributed by atoms with Crippen LogP contribution in [0.4, 0.5) is 11.5 Å². The Kier molecular flexibility index (Phi) is 3.38. The van der Waals surface area contributed by atoms with Crippen molar-refractivity contribution in [3.8, 4) is 11.6 Å². The highest BCUT2D eigenvalue weighted by Gasteiger charge is 2.16. The number of ether oxygens (including phenoxy) is 1. The number of rotatable bonds is 3. The van der Waals surface area contributed by atoms with Crippen LogP contribution in [0.1, 0.15) is 0 Å². The van der Waals surface area contributed by atoms with Crippen molar-refractivity contribution in [2.24, 2.45) is 0 Å². The molecule has 1 aromatic heterocycles. The molecule has 0 unspecified atom stereocenters. The second-order valence-corrected chi connectivity index (χ2v) is 4.17. The standard InChI is InChI=1S/C10H7BrN4O3/c11-6-1-2-8(7(3-6)15(16)17)18-10-5-13-4-9(12)14-10/h1-5H,(H2,12,14). The highest BCUT2D eigenvalue weighted by Crippen LogP contribution is 2.32. The SMILES string of the molecule is Nc1cncc(Oc2ccc(Br)cc2[N+](=O)[O-])n1. The van der Waals surface area contributed by atoms with Gasteiger partial charge in [0.15, 0.2) is 0 Å². The first-order chi connectivity index (χ1) is 8.56. The molecule has 2 N–H and O–H groups in total. The summed E-state index contributed by atoms with van der Waals surface area (Å²) >= 11 is 3.15. The second kappa shape index (κ2) is 4.96. The Morgan fingerprint density at radius 3 is 2.83 bits per heavy atom. The molecule has 2 rings (SSSR count). The van der Waals surface area contributed by atoms with Crippen LogP contribution in [0, 0.1) is 10.1 Å². The molecule has 92 valence electrons. The maximum Gasteiger partial charge on any atom is 0.312 e. The maximum absolute atomic E-state index is 10.9. The first-order valence-electron chi connectivity index (χ1n) is 4.75. The molecular formula is C10H7BrN4O3. The van der Waals surface area contributed by atoms with Gasteiger partial charge in [-0.2, -0.15) is 4.98 Å². The zero-order valence-corrected chi connectivity index (χ0v) is 10.5. The van der Waals surface area contributed by atoms with Crippen molar-refractivity contribution in [2.75, 3.05) is 5.73 Å². The Morgan fingerprint density at radius 2 is 2.17 bits per heavy atom. The lowest BCUT2D eigenvalue weighted by Crippen LogP contribution is -1.97. The third-order valence-electron chi connectivity index (χ3n) is 1.96. The van der Waals surface area contributed by atoms with Gasteiger partial charge in [-0.1, -0.05) is 15.9 Å². The van der Waals surface area contributed by atoms with Crippen LogP contribution in [-0.4, -0.2) is 14.9 Å². The molecular weight excluding hydrogens is 304 g/mol. The monoisotopic (exact) mass is 310 g/mol. The van der Waals surface area contributed by atoms with E-state index in [1.807, 2.05) is 0 Å². The van der Waals surface area contributed by atoms with Gasteiger partial charge in [0.1, 0.15) is 5.82 Å². The number of nitrogens with two attached hydrogens (primary N) is 1. The lowest BCUT2D eigenvalue weighted by atomic mass is 10.3. The predicted molar refractivity (Wildman–Crippen MR) is 67.3 cm³/mol. The number of nitro benzene ring substituents is 1. The number of benzene rings is 1. The van der Waals surface area contributed by atoms with Crippen LogP contribution in [0.3, 0.4) is 0 Å². The van der Waals surface area contributed by atoms with E-state index in [9.17, 15) is 10.1 Å². The van der Waals surface area contributed by atoms with Crippen LogP contribution < -0.4 is 10.5 Å². The minimum Gasteiger partial charge on any atom is -0.430 e. The molecule has 0 saturated heterocycles. The Balaban J connectivity index is 2.37. The molecule has 0 aliphatic rings. The van der Waals surface area contributed by atoms with Crippen molar-refractivity contribution in [3.05, 3.63) is 45.2 Å². The summed E-state index contributed by atoms with van der Waals surface area (Å²) in [7, 11) is 0. The smallest absolute Gasteiger partial charge is 0.312 e. The van der Waals surface area contributed by atoms with Crippen LogP contribution in [0.2, 0.25) is 0 Å². The largest absolute Gasteiger partial charge is 0.430 e. The predicted octanol–water partition coefficient (Wildman–Crippen LogP) is 2.52. The third-order valence-corrected chi connectivity index (χ3v) is 2.46. The topological polar surface area (TPSA) is 104 Å². The molecule has 0 atom stereocenters. The van der Waals surface area contributed by atoms with Gasteiger partial charge < -0.3 is 10.5 Å². The van der Waals surface area contributed by atoms with Crippen molar-refractivity contribution < 1.29 is 9.66 Å². The zero-order valence-electron chi connectivity index (χ0n) is 8.91. The van der Waals surface area contributed by atoms with Crippen molar-refractivity contribution in [2.45, 2.75) is 0 Å². The lowest BCUT2D eigenvalue weighted by molar-refractivity contribution is -0.385. The molecule has 0 spiro atoms. The molecule has 0 saturated carbocycles. The minimum atomic E-state index is -0.542. The van der Waals surface area contributed by atoms with E-state index in [1.54, 1.807) is 6.07 Å². The zero-order chi connectivity index (χ0) is 13.1. The summed E-state index contributed by atoms with van der Waals surface area (Å²) in [6.45, 7) is 0. The average molecular weight is 311 g/mol. The summed E-state index contributed by atoms with van der Waals surface area (Å²) in [5.74, 6) is 0.343. The molecule has 0 radical (unpaired) electrons. The highest BCUT2D eigenvalue weighted by molar-refractivity contribution is 9.10. The average Bonchev–Trinajstić information content (AvgIpc) is 2.31. The molecule has 1 heterocycles. The van der Waals surface area contributed by atoms with Crippen molar-refractivity contribution in [1.82, 2.24) is 9.97 Å². The van der Waals surface area contributed by atoms with E-state index >= 15 is 0 Å². The van der Waals surface area contributed by atoms with Gasteiger partial charge >= 0.3 is 5.69 Å². The van der Waals surface area contributed by atoms with Gasteiger partial charge in [-0.15, -0.1) is 0 Å². The summed E-state index contributed by atoms with van der Waals surface area (Å²) in [6, 6.07) is 4.43. The normalized spacial score (nSPS) is 10.1. The van der Waals surface area contributed by atoms with Gasteiger partial charge in [0.25, 0.3) is 0 Å². The van der Waals surface area contributed by atoms with Crippen molar-refractivity contribution >= 4 is 27.4 Å². The quantitative estimate of drug-likeness (QED) is 0.690. The number of hydrogen-bond acceptors (Lipinski definition) is 6. The summed E-state index contributed by atoms with van der Waals surface area (Å²) in [5, 5.41) is 10.9. The molecule has 7 nitrogen and oxygen atoms in total. The van der Waals surface area contributed by atoms with Gasteiger partial charge in [-0.05, 0) is 12.1 Å². The molecule has 1 aromatic carbocycles. The molecule has 8 heteroatoms. The molecule has 0 amide bonds. The minimum absolute atomic E-state index is 0.0723. The number of nitrogens with zero attached hydrogens (tertiary/aromatic N) is 3. The molecule has 0 aliphatic carbocycles. The number of halogens is 1. The summed E-state index contributed by atoms with van der Waals surface area (Å²) < 4.78 is 5.87. The highest BCUT2D eigenvalue weighted by atomic mass is 79.9. The summed E-state index contributed by atoms with van der Waals surface area (Å²) in [5.41, 5.74) is 5.27. The Labute approximate surface area is 110 Å². The molecule has 0 fully saturated rings. The van der Waals surface area contributed by atoms with E-state index in [-0.39, 0.29) is 23.1 Å². The van der Waals surface area contributed by atoms with Crippen molar-refractivity contribution in [1.29, 1.82) is 0 Å². The first-order valence-corrected chi connectivity index (χ1v) is 5.55.